The van der Waals surface area contributed by atoms with Gasteiger partial charge >= 0.3 is 0 Å². The molecular formula is C25H27N5O3S. The average Bonchev–Trinajstić information content (AvgIpc) is 3.47. The van der Waals surface area contributed by atoms with Crippen LogP contribution in [0.25, 0.3) is 10.1 Å². The molecule has 0 bridgehead atoms. The molecule has 2 aromatic heterocycles. The van der Waals surface area contributed by atoms with Gasteiger partial charge in [-0.05, 0) is 65.8 Å². The van der Waals surface area contributed by atoms with E-state index >= 15 is 0 Å². The van der Waals surface area contributed by atoms with E-state index in [1.807, 2.05) is 31.2 Å². The number of tetrazole rings is 1. The molecule has 1 saturated carbocycles. The Kier molecular flexibility index (Phi) is 5.95. The van der Waals surface area contributed by atoms with Crippen molar-refractivity contribution in [2.45, 2.75) is 51.4 Å². The number of ether oxygens (including phenoxy) is 2. The van der Waals surface area contributed by atoms with E-state index in [-0.39, 0.29) is 17.3 Å². The molecule has 1 amide bonds. The topological polar surface area (TPSA) is 102 Å². The second kappa shape index (κ2) is 9.06. The first kappa shape index (κ1) is 22.3. The highest BCUT2D eigenvalue weighted by atomic mass is 32.1. The van der Waals surface area contributed by atoms with Crippen LogP contribution >= 0.6 is 11.3 Å². The van der Waals surface area contributed by atoms with Crippen molar-refractivity contribution >= 4 is 33.3 Å². The molecule has 0 spiro atoms. The number of hydrogen-bond donors (Lipinski definition) is 2. The van der Waals surface area contributed by atoms with Gasteiger partial charge in [0, 0.05) is 10.1 Å². The van der Waals surface area contributed by atoms with Crippen molar-refractivity contribution in [1.82, 2.24) is 20.6 Å². The Hall–Kier alpha value is -3.46. The molecular weight excluding hydrogens is 450 g/mol. The zero-order valence-corrected chi connectivity index (χ0v) is 20.3. The van der Waals surface area contributed by atoms with Crippen molar-refractivity contribution in [1.29, 1.82) is 0 Å². The molecule has 0 atom stereocenters. The number of thiophene rings is 1. The van der Waals surface area contributed by atoms with E-state index in [1.165, 1.54) is 49.0 Å². The fourth-order valence-electron chi connectivity index (χ4n) is 4.71. The number of carbonyl (C=O) groups excluding carboxylic acids is 1. The second-order valence-corrected chi connectivity index (χ2v) is 10.1. The van der Waals surface area contributed by atoms with E-state index in [0.717, 1.165) is 21.4 Å². The van der Waals surface area contributed by atoms with Crippen LogP contribution in [0.3, 0.4) is 0 Å². The summed E-state index contributed by atoms with van der Waals surface area (Å²) < 4.78 is 12.8. The first-order chi connectivity index (χ1) is 16.5. The molecule has 2 heterocycles. The monoisotopic (exact) mass is 477 g/mol. The van der Waals surface area contributed by atoms with Gasteiger partial charge in [-0.15, -0.1) is 16.4 Å². The summed E-state index contributed by atoms with van der Waals surface area (Å²) in [5.74, 6) is 1.64. The SMILES string of the molecule is COc1cc2c(Oc3ccc(C4(C)CCCCC4)cc3)c(C(=O)Nc3nn[nH]n3)sc2cc1C. The second-order valence-electron chi connectivity index (χ2n) is 9.02. The number of aryl methyl sites for hydroxylation is 1. The number of fused-ring (bicyclic) bond motifs is 1. The summed E-state index contributed by atoms with van der Waals surface area (Å²) in [7, 11) is 1.63. The largest absolute Gasteiger partial charge is 0.496 e. The quantitative estimate of drug-likeness (QED) is 0.353. The van der Waals surface area contributed by atoms with Crippen LogP contribution in [0, 0.1) is 6.92 Å². The minimum atomic E-state index is -0.361. The van der Waals surface area contributed by atoms with Crippen LogP contribution in [0.15, 0.2) is 36.4 Å². The maximum Gasteiger partial charge on any atom is 0.272 e. The fraction of sp³-hybridized carbons (Fsp3) is 0.360. The van der Waals surface area contributed by atoms with Crippen molar-refractivity contribution in [3.8, 4) is 17.2 Å². The van der Waals surface area contributed by atoms with Gasteiger partial charge in [0.1, 0.15) is 16.4 Å². The predicted octanol–water partition coefficient (Wildman–Crippen LogP) is 6.00. The molecule has 0 saturated heterocycles. The highest BCUT2D eigenvalue weighted by Gasteiger charge is 2.29. The van der Waals surface area contributed by atoms with E-state index < -0.39 is 0 Å². The number of H-pyrrole nitrogens is 1. The third-order valence-corrected chi connectivity index (χ3v) is 7.80. The Bertz CT molecular complexity index is 1310. The molecule has 34 heavy (non-hydrogen) atoms. The Balaban J connectivity index is 1.51. The minimum Gasteiger partial charge on any atom is -0.496 e. The van der Waals surface area contributed by atoms with Crippen LogP contribution < -0.4 is 14.8 Å². The molecule has 9 heteroatoms. The van der Waals surface area contributed by atoms with Gasteiger partial charge in [-0.3, -0.25) is 10.1 Å². The average molecular weight is 478 g/mol. The molecule has 5 rings (SSSR count). The molecule has 0 aliphatic heterocycles. The van der Waals surface area contributed by atoms with E-state index in [1.54, 1.807) is 7.11 Å². The number of hydrogen-bond acceptors (Lipinski definition) is 7. The lowest BCUT2D eigenvalue weighted by Gasteiger charge is -2.34. The van der Waals surface area contributed by atoms with E-state index in [0.29, 0.717) is 16.4 Å². The van der Waals surface area contributed by atoms with Gasteiger partial charge in [-0.25, -0.2) is 0 Å². The van der Waals surface area contributed by atoms with Gasteiger partial charge < -0.3 is 9.47 Å². The number of aromatic amines is 1. The molecule has 2 aromatic carbocycles. The summed E-state index contributed by atoms with van der Waals surface area (Å²) in [5, 5.41) is 16.9. The lowest BCUT2D eigenvalue weighted by Crippen LogP contribution is -2.24. The molecule has 0 radical (unpaired) electrons. The smallest absolute Gasteiger partial charge is 0.272 e. The number of rotatable bonds is 6. The molecule has 2 N–H and O–H groups in total. The molecule has 1 aliphatic carbocycles. The summed E-state index contributed by atoms with van der Waals surface area (Å²) in [6.45, 7) is 4.32. The van der Waals surface area contributed by atoms with Crippen molar-refractivity contribution < 1.29 is 14.3 Å². The molecule has 8 nitrogen and oxygen atoms in total. The highest BCUT2D eigenvalue weighted by Crippen LogP contribution is 2.44. The van der Waals surface area contributed by atoms with Crippen LogP contribution in [0.4, 0.5) is 5.95 Å². The maximum absolute atomic E-state index is 13.1. The van der Waals surface area contributed by atoms with Crippen molar-refractivity contribution in [3.05, 3.63) is 52.4 Å². The predicted molar refractivity (Wildman–Crippen MR) is 132 cm³/mol. The Labute approximate surface area is 201 Å². The Morgan fingerprint density at radius 2 is 1.91 bits per heavy atom. The molecule has 1 aliphatic rings. The molecule has 1 fully saturated rings. The van der Waals surface area contributed by atoms with Gasteiger partial charge in [-0.1, -0.05) is 43.4 Å². The number of aromatic nitrogens is 4. The zero-order chi connectivity index (χ0) is 23.7. The van der Waals surface area contributed by atoms with Crippen LogP contribution in [-0.2, 0) is 5.41 Å². The summed E-state index contributed by atoms with van der Waals surface area (Å²) in [6, 6.07) is 12.2. The van der Waals surface area contributed by atoms with Crippen molar-refractivity contribution in [3.63, 3.8) is 0 Å². The number of amides is 1. The van der Waals surface area contributed by atoms with E-state index in [9.17, 15) is 4.79 Å². The van der Waals surface area contributed by atoms with Gasteiger partial charge in [0.15, 0.2) is 5.75 Å². The fourth-order valence-corrected chi connectivity index (χ4v) is 5.82. The Morgan fingerprint density at radius 3 is 2.59 bits per heavy atom. The lowest BCUT2D eigenvalue weighted by molar-refractivity contribution is 0.102. The number of methoxy groups -OCH3 is 1. The molecule has 4 aromatic rings. The van der Waals surface area contributed by atoms with E-state index in [4.69, 9.17) is 9.47 Å². The van der Waals surface area contributed by atoms with Crippen molar-refractivity contribution in [2.24, 2.45) is 0 Å². The van der Waals surface area contributed by atoms with Gasteiger partial charge in [0.05, 0.1) is 7.11 Å². The van der Waals surface area contributed by atoms with Gasteiger partial charge in [-0.2, -0.15) is 5.21 Å². The molecule has 0 unspecified atom stereocenters. The van der Waals surface area contributed by atoms with Gasteiger partial charge in [0.25, 0.3) is 11.9 Å². The number of nitrogens with zero attached hydrogens (tertiary/aromatic N) is 3. The lowest BCUT2D eigenvalue weighted by atomic mass is 9.71. The maximum atomic E-state index is 13.1. The van der Waals surface area contributed by atoms with Gasteiger partial charge in [0.2, 0.25) is 0 Å². The Morgan fingerprint density at radius 1 is 1.15 bits per heavy atom. The standard InChI is InChI=1S/C25H27N5O3S/c1-15-13-20-18(14-19(15)32-3)21(22(34-20)23(31)26-24-27-29-30-28-24)33-17-9-7-16(8-10-17)25(2)11-5-4-6-12-25/h7-10,13-14H,4-6,11-12H2,1-3H3,(H2,26,27,28,29,30,31). The summed E-state index contributed by atoms with van der Waals surface area (Å²) in [5.41, 5.74) is 2.53. The first-order valence-corrected chi connectivity index (χ1v) is 12.2. The summed E-state index contributed by atoms with van der Waals surface area (Å²) in [6.07, 6.45) is 6.29. The van der Waals surface area contributed by atoms with Crippen LogP contribution in [0.1, 0.15) is 59.8 Å². The number of carbonyl (C=O) groups is 1. The zero-order valence-electron chi connectivity index (χ0n) is 19.5. The van der Waals surface area contributed by atoms with Crippen molar-refractivity contribution in [2.75, 3.05) is 12.4 Å². The number of nitrogens with one attached hydrogen (secondary N) is 2. The minimum absolute atomic E-state index is 0.104. The highest BCUT2D eigenvalue weighted by molar-refractivity contribution is 7.21. The number of benzene rings is 2. The third-order valence-electron chi connectivity index (χ3n) is 6.67. The van der Waals surface area contributed by atoms with Crippen LogP contribution in [0.2, 0.25) is 0 Å². The summed E-state index contributed by atoms with van der Waals surface area (Å²) in [4.78, 5) is 13.5. The first-order valence-electron chi connectivity index (χ1n) is 11.4. The van der Waals surface area contributed by atoms with Crippen LogP contribution in [0.5, 0.6) is 17.2 Å². The third kappa shape index (κ3) is 4.23. The molecule has 176 valence electrons. The number of anilines is 1. The van der Waals surface area contributed by atoms with Crippen LogP contribution in [-0.4, -0.2) is 33.6 Å². The normalized spacial score (nSPS) is 15.3. The van der Waals surface area contributed by atoms with E-state index in [2.05, 4.69) is 45.0 Å². The summed E-state index contributed by atoms with van der Waals surface area (Å²) >= 11 is 1.35.